The van der Waals surface area contributed by atoms with Gasteiger partial charge in [-0.3, -0.25) is 14.4 Å². The van der Waals surface area contributed by atoms with Crippen LogP contribution in [0.25, 0.3) is 0 Å². The van der Waals surface area contributed by atoms with Crippen LogP contribution < -0.4 is 0 Å². The molecule has 0 saturated heterocycles. The molecule has 3 saturated carbocycles. The van der Waals surface area contributed by atoms with Gasteiger partial charge in [0.25, 0.3) is 0 Å². The molecule has 8 atom stereocenters. The zero-order valence-corrected chi connectivity index (χ0v) is 19.3. The average molecular weight is 467 g/mol. The molecule has 182 valence electrons. The maximum Gasteiger partial charge on any atom is 0.306 e. The number of Topliss-reactive ketones (excluding diaryl/α,β-unsaturated/α-hetero) is 1. The normalized spacial score (nSPS) is 46.2. The number of fused-ring (bicyclic) bond motifs is 5. The first-order valence-electron chi connectivity index (χ1n) is 11.7. The minimum absolute atomic E-state index is 0.0291. The Hall–Kier alpha value is -1.93. The third-order valence-corrected chi connectivity index (χ3v) is 9.08. The lowest BCUT2D eigenvalue weighted by Gasteiger charge is -2.63. The number of halogens is 2. The van der Waals surface area contributed by atoms with Gasteiger partial charge >= 0.3 is 5.97 Å². The number of esters is 1. The van der Waals surface area contributed by atoms with E-state index in [0.29, 0.717) is 6.42 Å². The fourth-order valence-corrected chi connectivity index (χ4v) is 7.45. The molecule has 4 aliphatic rings. The Morgan fingerprint density at radius 1 is 1.27 bits per heavy atom. The summed E-state index contributed by atoms with van der Waals surface area (Å²) in [5, 5.41) is 21.0. The first-order chi connectivity index (χ1) is 15.4. The Balaban J connectivity index is 1.82. The predicted molar refractivity (Wildman–Crippen MR) is 114 cm³/mol. The second kappa shape index (κ2) is 7.80. The van der Waals surface area contributed by atoms with Gasteiger partial charge in [-0.15, -0.1) is 0 Å². The maximum absolute atomic E-state index is 17.1. The number of allylic oxidation sites excluding steroid dienone is 4. The van der Waals surface area contributed by atoms with Gasteiger partial charge in [-0.2, -0.15) is 0 Å². The van der Waals surface area contributed by atoms with E-state index in [1.165, 1.54) is 19.1 Å². The van der Waals surface area contributed by atoms with E-state index in [0.717, 1.165) is 6.08 Å². The molecule has 6 nitrogen and oxygen atoms in total. The van der Waals surface area contributed by atoms with Crippen LogP contribution in [0.5, 0.6) is 0 Å². The molecule has 8 heteroatoms. The van der Waals surface area contributed by atoms with Gasteiger partial charge in [0.2, 0.25) is 5.78 Å². The number of ketones is 2. The lowest BCUT2D eigenvalue weighted by molar-refractivity contribution is -0.229. The Morgan fingerprint density at radius 3 is 2.61 bits per heavy atom. The smallest absolute Gasteiger partial charge is 0.306 e. The van der Waals surface area contributed by atoms with Crippen LogP contribution in [-0.2, 0) is 19.1 Å². The van der Waals surface area contributed by atoms with E-state index in [-0.39, 0.29) is 37.7 Å². The van der Waals surface area contributed by atoms with Crippen molar-refractivity contribution in [3.05, 3.63) is 23.8 Å². The number of carbonyl (C=O) groups is 3. The molecule has 0 heterocycles. The van der Waals surface area contributed by atoms with Crippen molar-refractivity contribution in [3.63, 3.8) is 0 Å². The number of hydrogen-bond donors (Lipinski definition) is 2. The zero-order chi connectivity index (χ0) is 24.4. The van der Waals surface area contributed by atoms with Crippen LogP contribution in [-0.4, -0.2) is 57.9 Å². The van der Waals surface area contributed by atoms with E-state index < -0.39 is 70.4 Å². The van der Waals surface area contributed by atoms with Crippen LogP contribution in [0.2, 0.25) is 0 Å². The van der Waals surface area contributed by atoms with Gasteiger partial charge in [-0.1, -0.05) is 19.9 Å². The number of aliphatic hydroxyl groups is 2. The molecule has 2 N–H and O–H groups in total. The molecule has 0 amide bonds. The van der Waals surface area contributed by atoms with Crippen molar-refractivity contribution in [2.75, 3.05) is 6.61 Å². The quantitative estimate of drug-likeness (QED) is 0.605. The largest absolute Gasteiger partial charge is 0.450 e. The van der Waals surface area contributed by atoms with Crippen molar-refractivity contribution in [2.24, 2.45) is 22.7 Å². The molecule has 0 aliphatic heterocycles. The topological polar surface area (TPSA) is 101 Å². The van der Waals surface area contributed by atoms with Crippen LogP contribution in [0.4, 0.5) is 8.78 Å². The van der Waals surface area contributed by atoms with Crippen molar-refractivity contribution in [1.29, 1.82) is 0 Å². The van der Waals surface area contributed by atoms with Crippen molar-refractivity contribution in [1.82, 2.24) is 0 Å². The number of alkyl halides is 2. The Labute approximate surface area is 192 Å². The standard InChI is InChI=1S/C25H32F2O6/c1-4-5-21(32)33-24(20(31)13-28)9-7-15-16-11-18(26)17-10-14(29)6-8-22(17,2)25(16,27)19(30)12-23(15,24)3/h6,8,10,15-16,18-19,28,30H,4-5,7,9,11-13H2,1-3H3/t15-,16-,18-,19-,22-,23-,24-,25-/m0/s1. The van der Waals surface area contributed by atoms with Gasteiger partial charge in [0, 0.05) is 23.2 Å². The van der Waals surface area contributed by atoms with Crippen molar-refractivity contribution < 1.29 is 38.1 Å². The van der Waals surface area contributed by atoms with Crippen molar-refractivity contribution in [3.8, 4) is 0 Å². The molecule has 0 aromatic carbocycles. The summed E-state index contributed by atoms with van der Waals surface area (Å²) < 4.78 is 38.3. The molecular weight excluding hydrogens is 434 g/mol. The first kappa shape index (κ1) is 24.2. The Bertz CT molecular complexity index is 945. The highest BCUT2D eigenvalue weighted by atomic mass is 19.1. The van der Waals surface area contributed by atoms with E-state index >= 15 is 8.78 Å². The van der Waals surface area contributed by atoms with Gasteiger partial charge in [0.1, 0.15) is 12.8 Å². The number of hydrogen-bond acceptors (Lipinski definition) is 6. The highest BCUT2D eigenvalue weighted by Gasteiger charge is 2.76. The molecular formula is C25H32F2O6. The van der Waals surface area contributed by atoms with Gasteiger partial charge in [-0.05, 0) is 62.7 Å². The zero-order valence-electron chi connectivity index (χ0n) is 19.3. The summed E-state index contributed by atoms with van der Waals surface area (Å²) in [6, 6.07) is 0. The molecule has 0 unspecified atom stereocenters. The van der Waals surface area contributed by atoms with Crippen LogP contribution in [0.15, 0.2) is 23.8 Å². The highest BCUT2D eigenvalue weighted by molar-refractivity contribution is 6.01. The number of carbonyl (C=O) groups excluding carboxylic acids is 3. The molecule has 0 aromatic rings. The van der Waals surface area contributed by atoms with E-state index in [2.05, 4.69) is 0 Å². The second-order valence-corrected chi connectivity index (χ2v) is 10.5. The number of ether oxygens (including phenoxy) is 1. The molecule has 0 aromatic heterocycles. The first-order valence-corrected chi connectivity index (χ1v) is 11.7. The van der Waals surface area contributed by atoms with E-state index in [1.54, 1.807) is 13.8 Å². The molecule has 3 fully saturated rings. The summed E-state index contributed by atoms with van der Waals surface area (Å²) in [6.45, 7) is 4.13. The number of aliphatic hydroxyl groups excluding tert-OH is 2. The maximum atomic E-state index is 17.1. The van der Waals surface area contributed by atoms with Gasteiger partial charge in [0.05, 0.1) is 6.10 Å². The molecule has 0 spiro atoms. The fraction of sp³-hybridized carbons (Fsp3) is 0.720. The lowest BCUT2D eigenvalue weighted by atomic mass is 9.44. The summed E-state index contributed by atoms with van der Waals surface area (Å²) in [4.78, 5) is 37.4. The Kier molecular flexibility index (Phi) is 5.72. The molecule has 33 heavy (non-hydrogen) atoms. The SMILES string of the molecule is CCCC(=O)O[C@]1(C(=O)CO)CC[C@H]2[C@@H]3C[C@H](F)C4=CC(=O)C=C[C@]4(C)[C@@]3(F)[C@@H](O)C[C@@]21C. The summed E-state index contributed by atoms with van der Waals surface area (Å²) in [6.07, 6.45) is 1.01. The number of rotatable bonds is 5. The monoisotopic (exact) mass is 466 g/mol. The summed E-state index contributed by atoms with van der Waals surface area (Å²) in [7, 11) is 0. The van der Waals surface area contributed by atoms with Crippen LogP contribution >= 0.6 is 0 Å². The molecule has 4 aliphatic carbocycles. The van der Waals surface area contributed by atoms with E-state index in [4.69, 9.17) is 4.74 Å². The van der Waals surface area contributed by atoms with Crippen LogP contribution in [0, 0.1) is 22.7 Å². The molecule has 0 bridgehead atoms. The Morgan fingerprint density at radius 2 is 1.97 bits per heavy atom. The van der Waals surface area contributed by atoms with Crippen LogP contribution in [0.1, 0.15) is 59.3 Å². The molecule has 4 rings (SSSR count). The lowest BCUT2D eigenvalue weighted by Crippen LogP contribution is -2.70. The van der Waals surface area contributed by atoms with Crippen molar-refractivity contribution >= 4 is 17.5 Å². The summed E-state index contributed by atoms with van der Waals surface area (Å²) in [5.74, 6) is -3.24. The van der Waals surface area contributed by atoms with Gasteiger partial charge < -0.3 is 14.9 Å². The van der Waals surface area contributed by atoms with Crippen molar-refractivity contribution in [2.45, 2.75) is 82.8 Å². The van der Waals surface area contributed by atoms with Crippen LogP contribution in [0.3, 0.4) is 0 Å². The minimum Gasteiger partial charge on any atom is -0.450 e. The second-order valence-electron chi connectivity index (χ2n) is 10.5. The highest BCUT2D eigenvalue weighted by Crippen LogP contribution is 2.70. The van der Waals surface area contributed by atoms with E-state index in [9.17, 15) is 24.6 Å². The average Bonchev–Trinajstić information content (AvgIpc) is 3.04. The fourth-order valence-electron chi connectivity index (χ4n) is 7.45. The van der Waals surface area contributed by atoms with Gasteiger partial charge in [-0.25, -0.2) is 8.78 Å². The van der Waals surface area contributed by atoms with Gasteiger partial charge in [0.15, 0.2) is 17.1 Å². The third-order valence-electron chi connectivity index (χ3n) is 9.08. The minimum atomic E-state index is -2.27. The summed E-state index contributed by atoms with van der Waals surface area (Å²) >= 11 is 0. The predicted octanol–water partition coefficient (Wildman–Crippen LogP) is 2.95. The molecule has 0 radical (unpaired) electrons. The summed E-state index contributed by atoms with van der Waals surface area (Å²) in [5.41, 5.74) is -6.64. The van der Waals surface area contributed by atoms with E-state index in [1.807, 2.05) is 0 Å². The third kappa shape index (κ3) is 2.99.